The first-order valence-corrected chi connectivity index (χ1v) is 8.23. The Balaban J connectivity index is 1.72. The summed E-state index contributed by atoms with van der Waals surface area (Å²) in [6, 6.07) is 19.0. The molecule has 2 atom stereocenters. The van der Waals surface area contributed by atoms with Crippen molar-refractivity contribution in [3.63, 3.8) is 0 Å². The van der Waals surface area contributed by atoms with Crippen molar-refractivity contribution in [3.05, 3.63) is 65.7 Å². The maximum absolute atomic E-state index is 12.8. The van der Waals surface area contributed by atoms with Gasteiger partial charge in [-0.25, -0.2) is 0 Å². The van der Waals surface area contributed by atoms with Gasteiger partial charge in [0.2, 0.25) is 5.91 Å². The molecule has 2 aromatic rings. The second-order valence-corrected chi connectivity index (χ2v) is 6.40. The lowest BCUT2D eigenvalue weighted by molar-refractivity contribution is -0.130. The second-order valence-electron chi connectivity index (χ2n) is 6.40. The molecule has 0 bridgehead atoms. The third-order valence-corrected chi connectivity index (χ3v) is 4.91. The van der Waals surface area contributed by atoms with Gasteiger partial charge in [-0.1, -0.05) is 48.5 Å². The van der Waals surface area contributed by atoms with Gasteiger partial charge in [0.25, 0.3) is 0 Å². The molecule has 0 saturated heterocycles. The molecule has 3 rings (SSSR count). The third-order valence-electron chi connectivity index (χ3n) is 4.91. The molecule has 0 aromatic heterocycles. The maximum atomic E-state index is 12.8. The van der Waals surface area contributed by atoms with Crippen LogP contribution >= 0.6 is 0 Å². The van der Waals surface area contributed by atoms with Gasteiger partial charge in [0.15, 0.2) is 0 Å². The Hall–Kier alpha value is -2.29. The van der Waals surface area contributed by atoms with E-state index < -0.39 is 0 Å². The molecule has 2 aromatic carbocycles. The van der Waals surface area contributed by atoms with E-state index in [2.05, 4.69) is 49.1 Å². The zero-order chi connectivity index (χ0) is 16.4. The number of carbonyl (C=O) groups excluding carboxylic acids is 1. The molecule has 0 unspecified atom stereocenters. The van der Waals surface area contributed by atoms with Crippen molar-refractivity contribution in [3.8, 4) is 0 Å². The molecule has 0 N–H and O–H groups in total. The van der Waals surface area contributed by atoms with E-state index in [0.717, 1.165) is 6.42 Å². The van der Waals surface area contributed by atoms with Crippen molar-refractivity contribution < 1.29 is 4.79 Å². The van der Waals surface area contributed by atoms with Gasteiger partial charge < -0.3 is 9.80 Å². The van der Waals surface area contributed by atoms with E-state index in [9.17, 15) is 4.79 Å². The Kier molecular flexibility index (Phi) is 4.37. The van der Waals surface area contributed by atoms with Gasteiger partial charge in [-0.15, -0.1) is 0 Å². The van der Waals surface area contributed by atoms with Crippen LogP contribution in [0.25, 0.3) is 0 Å². The fourth-order valence-electron chi connectivity index (χ4n) is 3.30. The highest BCUT2D eigenvalue weighted by Gasteiger charge is 2.28. The summed E-state index contributed by atoms with van der Waals surface area (Å²) in [6.45, 7) is 4.70. The Morgan fingerprint density at radius 2 is 1.83 bits per heavy atom. The van der Waals surface area contributed by atoms with Gasteiger partial charge in [-0.2, -0.15) is 0 Å². The topological polar surface area (TPSA) is 23.6 Å². The van der Waals surface area contributed by atoms with Gasteiger partial charge in [-0.3, -0.25) is 4.79 Å². The number of benzene rings is 2. The van der Waals surface area contributed by atoms with Crippen LogP contribution in [0.2, 0.25) is 0 Å². The fourth-order valence-corrected chi connectivity index (χ4v) is 3.30. The molecule has 0 saturated carbocycles. The van der Waals surface area contributed by atoms with Gasteiger partial charge in [0.05, 0.1) is 12.6 Å². The SMILES string of the molecule is C[C@@H]1Cc2ccccc2N1CC(=O)N(C)[C@@H](C)c1ccccc1. The summed E-state index contributed by atoms with van der Waals surface area (Å²) in [4.78, 5) is 16.8. The molecule has 23 heavy (non-hydrogen) atoms. The quantitative estimate of drug-likeness (QED) is 0.860. The van der Waals surface area contributed by atoms with E-state index in [1.807, 2.05) is 36.2 Å². The van der Waals surface area contributed by atoms with Gasteiger partial charge >= 0.3 is 0 Å². The summed E-state index contributed by atoms with van der Waals surface area (Å²) < 4.78 is 0. The number of anilines is 1. The van der Waals surface area contributed by atoms with Gasteiger partial charge in [-0.05, 0) is 37.5 Å². The summed E-state index contributed by atoms with van der Waals surface area (Å²) in [5.74, 6) is 0.157. The number of amides is 1. The Bertz CT molecular complexity index is 683. The molecule has 0 spiro atoms. The van der Waals surface area contributed by atoms with Gasteiger partial charge in [0, 0.05) is 18.8 Å². The average molecular weight is 308 g/mol. The van der Waals surface area contributed by atoms with Gasteiger partial charge in [0.1, 0.15) is 0 Å². The summed E-state index contributed by atoms with van der Waals surface area (Å²) in [6.07, 6.45) is 1.02. The zero-order valence-corrected chi connectivity index (χ0v) is 14.1. The molecule has 1 amide bonds. The second kappa shape index (κ2) is 6.45. The van der Waals surface area contributed by atoms with Crippen molar-refractivity contribution in [2.75, 3.05) is 18.5 Å². The van der Waals surface area contributed by atoms with Crippen molar-refractivity contribution in [2.24, 2.45) is 0 Å². The number of fused-ring (bicyclic) bond motifs is 1. The lowest BCUT2D eigenvalue weighted by Gasteiger charge is -2.30. The summed E-state index contributed by atoms with van der Waals surface area (Å²) in [5, 5.41) is 0. The smallest absolute Gasteiger partial charge is 0.242 e. The zero-order valence-electron chi connectivity index (χ0n) is 14.1. The highest BCUT2D eigenvalue weighted by molar-refractivity contribution is 5.83. The molecule has 1 aliphatic heterocycles. The van der Waals surface area contributed by atoms with E-state index >= 15 is 0 Å². The molecule has 0 aliphatic carbocycles. The first-order valence-electron chi connectivity index (χ1n) is 8.23. The first kappa shape index (κ1) is 15.6. The summed E-state index contributed by atoms with van der Waals surface area (Å²) in [5.41, 5.74) is 3.71. The maximum Gasteiger partial charge on any atom is 0.242 e. The molecule has 0 radical (unpaired) electrons. The largest absolute Gasteiger partial charge is 0.359 e. The molecule has 0 fully saturated rings. The van der Waals surface area contributed by atoms with E-state index in [4.69, 9.17) is 0 Å². The Morgan fingerprint density at radius 3 is 2.57 bits per heavy atom. The molecule has 120 valence electrons. The Morgan fingerprint density at radius 1 is 1.17 bits per heavy atom. The predicted molar refractivity (Wildman–Crippen MR) is 94.6 cm³/mol. The minimum atomic E-state index is 0.0804. The monoisotopic (exact) mass is 308 g/mol. The fraction of sp³-hybridized carbons (Fsp3) is 0.350. The van der Waals surface area contributed by atoms with Crippen molar-refractivity contribution in [2.45, 2.75) is 32.4 Å². The minimum Gasteiger partial charge on any atom is -0.359 e. The molecular weight excluding hydrogens is 284 g/mol. The third kappa shape index (κ3) is 3.09. The molecule has 1 aliphatic rings. The van der Waals surface area contributed by atoms with E-state index in [1.165, 1.54) is 16.8 Å². The van der Waals surface area contributed by atoms with Crippen LogP contribution in [-0.4, -0.2) is 30.4 Å². The number of para-hydroxylation sites is 1. The number of nitrogens with zero attached hydrogens (tertiary/aromatic N) is 2. The van der Waals surface area contributed by atoms with Crippen molar-refractivity contribution in [1.29, 1.82) is 0 Å². The summed E-state index contributed by atoms with van der Waals surface area (Å²) in [7, 11) is 1.90. The van der Waals surface area contributed by atoms with Crippen LogP contribution in [0.3, 0.4) is 0 Å². The normalized spacial score (nSPS) is 17.7. The highest BCUT2D eigenvalue weighted by Crippen LogP contribution is 2.31. The van der Waals surface area contributed by atoms with Crippen molar-refractivity contribution in [1.82, 2.24) is 4.90 Å². The molecule has 3 heteroatoms. The van der Waals surface area contributed by atoms with Crippen LogP contribution in [0.5, 0.6) is 0 Å². The average Bonchev–Trinajstić information content (AvgIpc) is 2.90. The van der Waals surface area contributed by atoms with Crippen LogP contribution in [0, 0.1) is 0 Å². The van der Waals surface area contributed by atoms with Crippen LogP contribution in [0.1, 0.15) is 31.0 Å². The number of hydrogen-bond acceptors (Lipinski definition) is 2. The predicted octanol–water partition coefficient (Wildman–Crippen LogP) is 3.66. The van der Waals surface area contributed by atoms with E-state index in [0.29, 0.717) is 12.6 Å². The first-order chi connectivity index (χ1) is 11.1. The molecule has 1 heterocycles. The summed E-state index contributed by atoms with van der Waals surface area (Å²) >= 11 is 0. The number of carbonyl (C=O) groups is 1. The number of likely N-dealkylation sites (N-methyl/N-ethyl adjacent to an activating group) is 1. The van der Waals surface area contributed by atoms with Crippen LogP contribution in [-0.2, 0) is 11.2 Å². The van der Waals surface area contributed by atoms with E-state index in [-0.39, 0.29) is 11.9 Å². The molecular formula is C20H24N2O. The lowest BCUT2D eigenvalue weighted by Crippen LogP contribution is -2.41. The standard InChI is InChI=1S/C20H24N2O/c1-15-13-18-11-7-8-12-19(18)22(15)14-20(23)21(3)16(2)17-9-5-4-6-10-17/h4-12,15-16H,13-14H2,1-3H3/t15-,16+/m1/s1. The number of rotatable bonds is 4. The Labute approximate surface area is 138 Å². The van der Waals surface area contributed by atoms with Crippen LogP contribution < -0.4 is 4.90 Å². The van der Waals surface area contributed by atoms with E-state index in [1.54, 1.807) is 0 Å². The highest BCUT2D eigenvalue weighted by atomic mass is 16.2. The number of hydrogen-bond donors (Lipinski definition) is 0. The van der Waals surface area contributed by atoms with Crippen LogP contribution in [0.4, 0.5) is 5.69 Å². The lowest BCUT2D eigenvalue weighted by atomic mass is 10.1. The van der Waals surface area contributed by atoms with Crippen LogP contribution in [0.15, 0.2) is 54.6 Å². The molecule has 3 nitrogen and oxygen atoms in total. The minimum absolute atomic E-state index is 0.0804. The van der Waals surface area contributed by atoms with Crippen molar-refractivity contribution >= 4 is 11.6 Å².